The third-order valence-corrected chi connectivity index (χ3v) is 4.33. The fourth-order valence-electron chi connectivity index (χ4n) is 3.02. The first kappa shape index (κ1) is 20.4. The summed E-state index contributed by atoms with van der Waals surface area (Å²) < 4.78 is 29.5. The number of rotatable bonds is 10. The van der Waals surface area contributed by atoms with Crippen molar-refractivity contribution >= 4 is 5.96 Å². The average Bonchev–Trinajstić information content (AvgIpc) is 3.13. The molecule has 26 heavy (non-hydrogen) atoms. The molecule has 1 aromatic carbocycles. The lowest BCUT2D eigenvalue weighted by molar-refractivity contribution is -0.0504. The van der Waals surface area contributed by atoms with Crippen molar-refractivity contribution in [3.05, 3.63) is 29.8 Å². The molecule has 1 aromatic rings. The van der Waals surface area contributed by atoms with Gasteiger partial charge < -0.3 is 20.3 Å². The van der Waals surface area contributed by atoms with E-state index in [9.17, 15) is 8.78 Å². The minimum atomic E-state index is -2.83. The molecule has 1 aliphatic heterocycles. The summed E-state index contributed by atoms with van der Waals surface area (Å²) >= 11 is 0. The first-order valence-corrected chi connectivity index (χ1v) is 9.46. The molecule has 2 N–H and O–H groups in total. The van der Waals surface area contributed by atoms with Gasteiger partial charge in [-0.2, -0.15) is 8.78 Å². The van der Waals surface area contributed by atoms with Crippen molar-refractivity contribution in [3.8, 4) is 5.75 Å². The Morgan fingerprint density at radius 3 is 2.69 bits per heavy atom. The summed E-state index contributed by atoms with van der Waals surface area (Å²) in [5, 5.41) is 6.49. The molecule has 1 aliphatic rings. The van der Waals surface area contributed by atoms with Crippen LogP contribution in [0.5, 0.6) is 5.75 Å². The van der Waals surface area contributed by atoms with E-state index in [1.54, 1.807) is 18.2 Å². The van der Waals surface area contributed by atoms with Gasteiger partial charge in [-0.25, -0.2) is 4.99 Å². The molecule has 0 aliphatic carbocycles. The summed E-state index contributed by atoms with van der Waals surface area (Å²) in [6.45, 7) is 4.67. The topological polar surface area (TPSA) is 48.9 Å². The normalized spacial score (nSPS) is 15.5. The summed E-state index contributed by atoms with van der Waals surface area (Å²) in [5.41, 5.74) is 0.638. The van der Waals surface area contributed by atoms with E-state index in [2.05, 4.69) is 25.3 Å². The molecule has 1 saturated heterocycles. The minimum Gasteiger partial charge on any atom is -0.434 e. The van der Waals surface area contributed by atoms with Crippen LogP contribution in [0.25, 0.3) is 0 Å². The maximum atomic E-state index is 12.5. The summed E-state index contributed by atoms with van der Waals surface area (Å²) in [7, 11) is 0. The van der Waals surface area contributed by atoms with Gasteiger partial charge in [0, 0.05) is 18.7 Å². The second-order valence-corrected chi connectivity index (χ2v) is 6.36. The van der Waals surface area contributed by atoms with Gasteiger partial charge in [0.2, 0.25) is 0 Å². The molecule has 146 valence electrons. The second kappa shape index (κ2) is 11.7. The third kappa shape index (κ3) is 7.56. The van der Waals surface area contributed by atoms with Crippen LogP contribution in [-0.2, 0) is 6.54 Å². The van der Waals surface area contributed by atoms with Gasteiger partial charge in [0.15, 0.2) is 5.96 Å². The highest BCUT2D eigenvalue weighted by atomic mass is 19.3. The Kier molecular flexibility index (Phi) is 9.17. The molecule has 0 unspecified atom stereocenters. The highest BCUT2D eigenvalue weighted by Gasteiger charge is 2.10. The number of benzene rings is 1. The Labute approximate surface area is 154 Å². The standard InChI is InChI=1S/C19H30F2N4O/c1-2-22-19(23-11-5-6-12-25-13-7-8-14-25)24-15-16-9-3-4-10-17(16)26-18(20)21/h3-4,9-10,18H,2,5-8,11-15H2,1H3,(H2,22,23,24). The number of nitrogens with zero attached hydrogens (tertiary/aromatic N) is 2. The lowest BCUT2D eigenvalue weighted by atomic mass is 10.2. The van der Waals surface area contributed by atoms with Crippen LogP contribution in [-0.4, -0.2) is 50.2 Å². The second-order valence-electron chi connectivity index (χ2n) is 6.36. The van der Waals surface area contributed by atoms with Crippen LogP contribution in [0.15, 0.2) is 29.3 Å². The molecule has 0 spiro atoms. The van der Waals surface area contributed by atoms with Crippen LogP contribution >= 0.6 is 0 Å². The largest absolute Gasteiger partial charge is 0.434 e. The van der Waals surface area contributed by atoms with Crippen molar-refractivity contribution in [1.29, 1.82) is 0 Å². The molecule has 0 radical (unpaired) electrons. The van der Waals surface area contributed by atoms with E-state index >= 15 is 0 Å². The molecular weight excluding hydrogens is 338 g/mol. The Morgan fingerprint density at radius 1 is 1.19 bits per heavy atom. The average molecular weight is 368 g/mol. The number of para-hydroxylation sites is 1. The molecule has 0 bridgehead atoms. The molecule has 0 aromatic heterocycles. The molecular formula is C19H30F2N4O. The number of aliphatic imine (C=N–C) groups is 1. The Balaban J connectivity index is 1.78. The third-order valence-electron chi connectivity index (χ3n) is 4.33. The number of alkyl halides is 2. The Bertz CT molecular complexity index is 548. The van der Waals surface area contributed by atoms with Gasteiger partial charge in [-0.15, -0.1) is 0 Å². The zero-order valence-electron chi connectivity index (χ0n) is 15.5. The summed E-state index contributed by atoms with van der Waals surface area (Å²) in [6.07, 6.45) is 4.89. The SMILES string of the molecule is CCNC(=NCc1ccccc1OC(F)F)NCCCCN1CCCC1. The first-order valence-electron chi connectivity index (χ1n) is 9.46. The van der Waals surface area contributed by atoms with E-state index in [0.717, 1.165) is 32.5 Å². The van der Waals surface area contributed by atoms with Gasteiger partial charge in [-0.1, -0.05) is 18.2 Å². The van der Waals surface area contributed by atoms with Crippen LogP contribution in [0.4, 0.5) is 8.78 Å². The van der Waals surface area contributed by atoms with E-state index in [0.29, 0.717) is 11.5 Å². The maximum absolute atomic E-state index is 12.5. The highest BCUT2D eigenvalue weighted by molar-refractivity contribution is 5.79. The first-order chi connectivity index (χ1) is 12.7. The molecule has 1 fully saturated rings. The zero-order valence-corrected chi connectivity index (χ0v) is 15.5. The molecule has 2 rings (SSSR count). The van der Waals surface area contributed by atoms with E-state index in [1.165, 1.54) is 32.0 Å². The molecule has 7 heteroatoms. The van der Waals surface area contributed by atoms with Crippen molar-refractivity contribution in [3.63, 3.8) is 0 Å². The van der Waals surface area contributed by atoms with Gasteiger partial charge in [0.25, 0.3) is 0 Å². The Morgan fingerprint density at radius 2 is 1.96 bits per heavy atom. The van der Waals surface area contributed by atoms with Crippen molar-refractivity contribution in [2.75, 3.05) is 32.7 Å². The highest BCUT2D eigenvalue weighted by Crippen LogP contribution is 2.20. The van der Waals surface area contributed by atoms with Gasteiger partial charge in [0.05, 0.1) is 6.54 Å². The quantitative estimate of drug-likeness (QED) is 0.378. The fourth-order valence-corrected chi connectivity index (χ4v) is 3.02. The van der Waals surface area contributed by atoms with Gasteiger partial charge in [0.1, 0.15) is 5.75 Å². The number of guanidine groups is 1. The lowest BCUT2D eigenvalue weighted by Crippen LogP contribution is -2.38. The van der Waals surface area contributed by atoms with Crippen LogP contribution in [0.1, 0.15) is 38.2 Å². The van der Waals surface area contributed by atoms with Crippen LogP contribution in [0, 0.1) is 0 Å². The lowest BCUT2D eigenvalue weighted by Gasteiger charge is -2.15. The van der Waals surface area contributed by atoms with Crippen molar-refractivity contribution < 1.29 is 13.5 Å². The van der Waals surface area contributed by atoms with E-state index in [4.69, 9.17) is 0 Å². The number of ether oxygens (including phenoxy) is 1. The molecule has 5 nitrogen and oxygen atoms in total. The summed E-state index contributed by atoms with van der Waals surface area (Å²) in [4.78, 5) is 7.00. The molecule has 0 saturated carbocycles. The monoisotopic (exact) mass is 368 g/mol. The van der Waals surface area contributed by atoms with Gasteiger partial charge in [-0.3, -0.25) is 0 Å². The van der Waals surface area contributed by atoms with Gasteiger partial charge in [-0.05, 0) is 58.3 Å². The number of unbranched alkanes of at least 4 members (excludes halogenated alkanes) is 1. The minimum absolute atomic E-state index is 0.174. The smallest absolute Gasteiger partial charge is 0.387 e. The van der Waals surface area contributed by atoms with Crippen molar-refractivity contribution in [2.45, 2.75) is 45.8 Å². The number of hydrogen-bond acceptors (Lipinski definition) is 3. The predicted molar refractivity (Wildman–Crippen MR) is 101 cm³/mol. The zero-order chi connectivity index (χ0) is 18.6. The van der Waals surface area contributed by atoms with Crippen LogP contribution in [0.2, 0.25) is 0 Å². The predicted octanol–water partition coefficient (Wildman–Crippen LogP) is 3.22. The van der Waals surface area contributed by atoms with Crippen molar-refractivity contribution in [2.24, 2.45) is 4.99 Å². The van der Waals surface area contributed by atoms with E-state index in [-0.39, 0.29) is 12.3 Å². The Hall–Kier alpha value is -1.89. The number of nitrogens with one attached hydrogen (secondary N) is 2. The van der Waals surface area contributed by atoms with Crippen LogP contribution < -0.4 is 15.4 Å². The maximum Gasteiger partial charge on any atom is 0.387 e. The summed E-state index contributed by atoms with van der Waals surface area (Å²) in [6, 6.07) is 6.76. The molecule has 1 heterocycles. The fraction of sp³-hybridized carbons (Fsp3) is 0.632. The van der Waals surface area contributed by atoms with Crippen molar-refractivity contribution in [1.82, 2.24) is 15.5 Å². The number of hydrogen-bond donors (Lipinski definition) is 2. The number of likely N-dealkylation sites (tertiary alicyclic amines) is 1. The summed E-state index contributed by atoms with van der Waals surface area (Å²) in [5.74, 6) is 0.869. The number of halogens is 2. The molecule has 0 amide bonds. The van der Waals surface area contributed by atoms with E-state index < -0.39 is 6.61 Å². The van der Waals surface area contributed by atoms with Crippen LogP contribution in [0.3, 0.4) is 0 Å². The van der Waals surface area contributed by atoms with E-state index in [1.807, 2.05) is 6.92 Å². The molecule has 0 atom stereocenters. The van der Waals surface area contributed by atoms with Gasteiger partial charge >= 0.3 is 6.61 Å².